The van der Waals surface area contributed by atoms with Crippen molar-refractivity contribution in [2.24, 2.45) is 9.98 Å². The summed E-state index contributed by atoms with van der Waals surface area (Å²) in [5.41, 5.74) is 0. The highest BCUT2D eigenvalue weighted by atomic mass is 15.1. The Morgan fingerprint density at radius 1 is 1.46 bits per heavy atom. The summed E-state index contributed by atoms with van der Waals surface area (Å²) in [6.07, 6.45) is 3.70. The van der Waals surface area contributed by atoms with Crippen LogP contribution in [0.25, 0.3) is 0 Å². The Kier molecular flexibility index (Phi) is 4.18. The number of guanidine groups is 1. The molecular formula is C9H16N4. The maximum Gasteiger partial charge on any atom is 0.221 e. The summed E-state index contributed by atoms with van der Waals surface area (Å²) in [5, 5.41) is 6.13. The largest absolute Gasteiger partial charge is 0.332 e. The smallest absolute Gasteiger partial charge is 0.221 e. The van der Waals surface area contributed by atoms with E-state index in [2.05, 4.69) is 33.9 Å². The van der Waals surface area contributed by atoms with E-state index in [9.17, 15) is 0 Å². The maximum atomic E-state index is 4.41. The topological polar surface area (TPSA) is 48.8 Å². The Hall–Kier alpha value is -1.16. The van der Waals surface area contributed by atoms with Gasteiger partial charge < -0.3 is 10.6 Å². The Bertz CT molecular complexity index is 204. The van der Waals surface area contributed by atoms with Crippen molar-refractivity contribution in [3.8, 4) is 0 Å². The van der Waals surface area contributed by atoms with E-state index >= 15 is 0 Å². The molecule has 0 spiro atoms. The Balaban J connectivity index is 2.48. The lowest BCUT2D eigenvalue weighted by Gasteiger charge is -2.19. The first-order valence-corrected chi connectivity index (χ1v) is 4.49. The average molecular weight is 180 g/mol. The second kappa shape index (κ2) is 5.48. The minimum atomic E-state index is 0.370. The van der Waals surface area contributed by atoms with Crippen LogP contribution in [0.4, 0.5) is 0 Å². The van der Waals surface area contributed by atoms with E-state index < -0.39 is 0 Å². The normalized spacial score (nSPS) is 19.5. The highest BCUT2D eigenvalue weighted by molar-refractivity contribution is 5.84. The van der Waals surface area contributed by atoms with Gasteiger partial charge in [-0.15, -0.1) is 0 Å². The molecule has 0 saturated carbocycles. The van der Waals surface area contributed by atoms with Crippen LogP contribution in [0.2, 0.25) is 0 Å². The van der Waals surface area contributed by atoms with Crippen molar-refractivity contribution in [3.63, 3.8) is 0 Å². The molecule has 1 heterocycles. The van der Waals surface area contributed by atoms with Gasteiger partial charge in [0, 0.05) is 0 Å². The second-order valence-corrected chi connectivity index (χ2v) is 2.94. The number of hydrogen-bond donors (Lipinski definition) is 2. The van der Waals surface area contributed by atoms with Gasteiger partial charge in [0.25, 0.3) is 0 Å². The number of nitrogens with zero attached hydrogens (tertiary/aromatic N) is 2. The number of nitrogens with one attached hydrogen (secondary N) is 2. The molecule has 13 heavy (non-hydrogen) atoms. The zero-order valence-electron chi connectivity index (χ0n) is 7.79. The molecule has 0 radical (unpaired) electrons. The molecule has 0 aromatic heterocycles. The van der Waals surface area contributed by atoms with Crippen molar-refractivity contribution in [2.45, 2.75) is 18.9 Å². The van der Waals surface area contributed by atoms with Crippen molar-refractivity contribution in [2.75, 3.05) is 13.1 Å². The third-order valence-corrected chi connectivity index (χ3v) is 1.99. The number of piperidine rings is 1. The van der Waals surface area contributed by atoms with Crippen molar-refractivity contribution >= 4 is 12.7 Å². The van der Waals surface area contributed by atoms with E-state index in [0.29, 0.717) is 12.0 Å². The maximum absolute atomic E-state index is 4.41. The summed E-state index contributed by atoms with van der Waals surface area (Å²) >= 11 is 0. The minimum Gasteiger partial charge on any atom is -0.332 e. The van der Waals surface area contributed by atoms with Crippen LogP contribution in [0.5, 0.6) is 0 Å². The van der Waals surface area contributed by atoms with Gasteiger partial charge in [0.15, 0.2) is 0 Å². The van der Waals surface area contributed by atoms with Gasteiger partial charge in [-0.1, -0.05) is 6.58 Å². The van der Waals surface area contributed by atoms with Gasteiger partial charge in [-0.2, -0.15) is 0 Å². The third-order valence-electron chi connectivity index (χ3n) is 1.99. The van der Waals surface area contributed by atoms with Crippen LogP contribution < -0.4 is 10.6 Å². The molecule has 0 atom stereocenters. The van der Waals surface area contributed by atoms with Crippen LogP contribution in [0.1, 0.15) is 12.8 Å². The average Bonchev–Trinajstić information content (AvgIpc) is 2.19. The summed E-state index contributed by atoms with van der Waals surface area (Å²) in [7, 11) is 0. The molecule has 0 bridgehead atoms. The van der Waals surface area contributed by atoms with Crippen molar-refractivity contribution in [1.29, 1.82) is 0 Å². The van der Waals surface area contributed by atoms with Crippen LogP contribution in [-0.2, 0) is 0 Å². The predicted octanol–water partition coefficient (Wildman–Crippen LogP) is 0.528. The first-order valence-electron chi connectivity index (χ1n) is 4.49. The number of aliphatic imine (C=N–C) groups is 2. The Labute approximate surface area is 78.9 Å². The summed E-state index contributed by atoms with van der Waals surface area (Å²) in [6, 6.07) is 0.370. The third kappa shape index (κ3) is 3.38. The first kappa shape index (κ1) is 9.92. The fraction of sp³-hybridized carbons (Fsp3) is 0.556. The molecule has 1 saturated heterocycles. The molecule has 72 valence electrons. The fourth-order valence-electron chi connectivity index (χ4n) is 1.32. The zero-order valence-corrected chi connectivity index (χ0v) is 7.79. The molecule has 0 aromatic carbocycles. The van der Waals surface area contributed by atoms with Crippen molar-refractivity contribution in [1.82, 2.24) is 10.6 Å². The monoisotopic (exact) mass is 180 g/mol. The molecule has 0 aromatic rings. The van der Waals surface area contributed by atoms with E-state index in [4.69, 9.17) is 0 Å². The van der Waals surface area contributed by atoms with Gasteiger partial charge in [-0.25, -0.2) is 9.98 Å². The van der Waals surface area contributed by atoms with Gasteiger partial charge >= 0.3 is 0 Å². The summed E-state index contributed by atoms with van der Waals surface area (Å²) in [5.74, 6) is 0.571. The molecule has 4 nitrogen and oxygen atoms in total. The molecular weight excluding hydrogens is 164 g/mol. The van der Waals surface area contributed by atoms with Crippen LogP contribution in [0.3, 0.4) is 0 Å². The second-order valence-electron chi connectivity index (χ2n) is 2.94. The number of hydrogen-bond acceptors (Lipinski definition) is 2. The molecule has 1 aliphatic heterocycles. The van der Waals surface area contributed by atoms with Crippen LogP contribution in [-0.4, -0.2) is 31.8 Å². The quantitative estimate of drug-likeness (QED) is 0.481. The molecule has 0 unspecified atom stereocenters. The molecule has 1 fully saturated rings. The van der Waals surface area contributed by atoms with Gasteiger partial charge in [0.1, 0.15) is 0 Å². The Morgan fingerprint density at radius 3 is 2.69 bits per heavy atom. The highest BCUT2D eigenvalue weighted by Gasteiger charge is 2.11. The molecule has 1 aliphatic rings. The van der Waals surface area contributed by atoms with Crippen LogP contribution >= 0.6 is 0 Å². The van der Waals surface area contributed by atoms with E-state index in [1.54, 1.807) is 6.20 Å². The van der Waals surface area contributed by atoms with Crippen molar-refractivity contribution in [3.05, 3.63) is 12.8 Å². The van der Waals surface area contributed by atoms with Crippen LogP contribution in [0, 0.1) is 0 Å². The summed E-state index contributed by atoms with van der Waals surface area (Å²) < 4.78 is 0. The lowest BCUT2D eigenvalue weighted by molar-refractivity contribution is 0.459. The van der Waals surface area contributed by atoms with Crippen LogP contribution in [0.15, 0.2) is 22.8 Å². The standard InChI is InChI=1S/C9H16N4/c1-3-12-9(10-2)13-8-4-6-11-7-5-8/h3,8,11H,1-2,4-7H2,(H,12,13). The number of rotatable bonds is 2. The summed E-state index contributed by atoms with van der Waals surface area (Å²) in [4.78, 5) is 8.18. The lowest BCUT2D eigenvalue weighted by Crippen LogP contribution is -2.31. The predicted molar refractivity (Wildman–Crippen MR) is 56.2 cm³/mol. The van der Waals surface area contributed by atoms with Gasteiger partial charge in [-0.05, 0) is 38.8 Å². The molecule has 2 N–H and O–H groups in total. The minimum absolute atomic E-state index is 0.370. The first-order chi connectivity index (χ1) is 6.36. The molecule has 1 rings (SSSR count). The lowest BCUT2D eigenvalue weighted by atomic mass is 10.1. The molecule has 0 amide bonds. The fourth-order valence-corrected chi connectivity index (χ4v) is 1.32. The van der Waals surface area contributed by atoms with Gasteiger partial charge in [0.05, 0.1) is 6.04 Å². The molecule has 4 heteroatoms. The zero-order chi connectivity index (χ0) is 9.52. The Morgan fingerprint density at radius 2 is 2.15 bits per heavy atom. The van der Waals surface area contributed by atoms with E-state index in [1.165, 1.54) is 0 Å². The molecule has 0 aliphatic carbocycles. The van der Waals surface area contributed by atoms with Gasteiger partial charge in [-0.3, -0.25) is 0 Å². The van der Waals surface area contributed by atoms with Gasteiger partial charge in [0.2, 0.25) is 5.96 Å². The van der Waals surface area contributed by atoms with E-state index in [-0.39, 0.29) is 0 Å². The summed E-state index contributed by atoms with van der Waals surface area (Å²) in [6.45, 7) is 9.06. The van der Waals surface area contributed by atoms with E-state index in [1.807, 2.05) is 0 Å². The van der Waals surface area contributed by atoms with Crippen molar-refractivity contribution < 1.29 is 0 Å². The van der Waals surface area contributed by atoms with E-state index in [0.717, 1.165) is 25.9 Å². The highest BCUT2D eigenvalue weighted by Crippen LogP contribution is 2.06. The SMILES string of the molecule is C=CNC(N=C)=NC1CCNCC1.